The van der Waals surface area contributed by atoms with E-state index in [9.17, 15) is 0 Å². The van der Waals surface area contributed by atoms with E-state index in [0.29, 0.717) is 13.2 Å². The molecule has 3 rings (SSSR count). The van der Waals surface area contributed by atoms with E-state index >= 15 is 0 Å². The van der Waals surface area contributed by atoms with E-state index in [1.165, 1.54) is 0 Å². The van der Waals surface area contributed by atoms with Crippen molar-refractivity contribution in [3.63, 3.8) is 0 Å². The molecule has 5 heteroatoms. The van der Waals surface area contributed by atoms with Crippen LogP contribution in [-0.2, 0) is 6.54 Å². The fourth-order valence-electron chi connectivity index (χ4n) is 2.03. The summed E-state index contributed by atoms with van der Waals surface area (Å²) in [5.74, 6) is 1.65. The average molecular weight is 399 g/mol. The van der Waals surface area contributed by atoms with Gasteiger partial charge in [0, 0.05) is 21.2 Å². The maximum absolute atomic E-state index is 5.59. The predicted molar refractivity (Wildman–Crippen MR) is 86.6 cm³/mol. The number of halogens is 2. The topological polar surface area (TPSA) is 30.5 Å². The first kappa shape index (κ1) is 13.8. The molecule has 2 aromatic carbocycles. The summed E-state index contributed by atoms with van der Waals surface area (Å²) in [4.78, 5) is 0. The Bertz CT molecular complexity index is 631. The summed E-state index contributed by atoms with van der Waals surface area (Å²) in [6.45, 7) is 1.96. The number of hydrogen-bond acceptors (Lipinski definition) is 3. The molecule has 1 N–H and O–H groups in total. The highest BCUT2D eigenvalue weighted by Crippen LogP contribution is 2.31. The summed E-state index contributed by atoms with van der Waals surface area (Å²) in [5, 5.41) is 3.40. The Hall–Kier alpha value is -1.20. The Morgan fingerprint density at radius 1 is 0.950 bits per heavy atom. The molecule has 20 heavy (non-hydrogen) atoms. The van der Waals surface area contributed by atoms with Gasteiger partial charge in [0.25, 0.3) is 0 Å². The van der Waals surface area contributed by atoms with Crippen molar-refractivity contribution in [2.24, 2.45) is 0 Å². The quantitative estimate of drug-likeness (QED) is 0.819. The van der Waals surface area contributed by atoms with E-state index < -0.39 is 0 Å². The minimum atomic E-state index is 0.612. The summed E-state index contributed by atoms with van der Waals surface area (Å²) in [6.07, 6.45) is 0. The molecule has 3 nitrogen and oxygen atoms in total. The Labute approximate surface area is 134 Å². The van der Waals surface area contributed by atoms with Crippen molar-refractivity contribution in [1.82, 2.24) is 0 Å². The van der Waals surface area contributed by atoms with Crippen LogP contribution >= 0.6 is 31.9 Å². The lowest BCUT2D eigenvalue weighted by Gasteiger charge is -2.19. The number of ether oxygens (including phenoxy) is 2. The molecule has 0 saturated carbocycles. The number of anilines is 1. The summed E-state index contributed by atoms with van der Waals surface area (Å²) < 4.78 is 13.2. The average Bonchev–Trinajstić information content (AvgIpc) is 2.48. The molecule has 1 aliphatic heterocycles. The van der Waals surface area contributed by atoms with Crippen LogP contribution in [0.25, 0.3) is 0 Å². The standard InChI is InChI=1S/C15H13Br2NO2/c16-11-2-3-12(17)13(8-11)18-9-10-1-4-14-15(7-10)20-6-5-19-14/h1-4,7-8,18H,5-6,9H2. The van der Waals surface area contributed by atoms with Crippen molar-refractivity contribution in [2.45, 2.75) is 6.54 Å². The monoisotopic (exact) mass is 397 g/mol. The minimum absolute atomic E-state index is 0.612. The molecule has 0 saturated heterocycles. The van der Waals surface area contributed by atoms with Crippen LogP contribution in [0.15, 0.2) is 45.3 Å². The van der Waals surface area contributed by atoms with Crippen molar-refractivity contribution in [2.75, 3.05) is 18.5 Å². The number of benzene rings is 2. The molecule has 0 aliphatic carbocycles. The van der Waals surface area contributed by atoms with Crippen LogP contribution in [-0.4, -0.2) is 13.2 Å². The maximum atomic E-state index is 5.59. The molecule has 0 aromatic heterocycles. The zero-order valence-electron chi connectivity index (χ0n) is 10.7. The lowest BCUT2D eigenvalue weighted by molar-refractivity contribution is 0.171. The van der Waals surface area contributed by atoms with Crippen LogP contribution in [0.4, 0.5) is 5.69 Å². The zero-order chi connectivity index (χ0) is 13.9. The SMILES string of the molecule is Brc1ccc(Br)c(NCc2ccc3c(c2)OCCO3)c1. The van der Waals surface area contributed by atoms with Crippen LogP contribution in [0.3, 0.4) is 0 Å². The molecule has 0 bridgehead atoms. The minimum Gasteiger partial charge on any atom is -0.486 e. The van der Waals surface area contributed by atoms with E-state index in [4.69, 9.17) is 9.47 Å². The van der Waals surface area contributed by atoms with Gasteiger partial charge in [-0.05, 0) is 51.8 Å². The van der Waals surface area contributed by atoms with Gasteiger partial charge in [-0.1, -0.05) is 22.0 Å². The first-order valence-corrected chi connectivity index (χ1v) is 7.88. The van der Waals surface area contributed by atoms with Gasteiger partial charge in [-0.25, -0.2) is 0 Å². The van der Waals surface area contributed by atoms with Crippen LogP contribution in [0.1, 0.15) is 5.56 Å². The highest BCUT2D eigenvalue weighted by Gasteiger charge is 2.11. The normalized spacial score (nSPS) is 13.1. The molecule has 1 heterocycles. The summed E-state index contributed by atoms with van der Waals surface area (Å²) in [5.41, 5.74) is 2.20. The Kier molecular flexibility index (Phi) is 4.17. The number of rotatable bonds is 3. The van der Waals surface area contributed by atoms with Gasteiger partial charge in [-0.3, -0.25) is 0 Å². The number of fused-ring (bicyclic) bond motifs is 1. The molecule has 0 fully saturated rings. The Morgan fingerprint density at radius 2 is 1.75 bits per heavy atom. The maximum Gasteiger partial charge on any atom is 0.161 e. The van der Waals surface area contributed by atoms with E-state index in [1.807, 2.05) is 36.4 Å². The summed E-state index contributed by atoms with van der Waals surface area (Å²) >= 11 is 7.01. The third-order valence-corrected chi connectivity index (χ3v) is 4.20. The molecule has 104 valence electrons. The number of nitrogens with one attached hydrogen (secondary N) is 1. The molecule has 0 unspecified atom stereocenters. The summed E-state index contributed by atoms with van der Waals surface area (Å²) in [6, 6.07) is 12.1. The van der Waals surface area contributed by atoms with E-state index in [0.717, 1.165) is 38.2 Å². The van der Waals surface area contributed by atoms with Crippen LogP contribution in [0.2, 0.25) is 0 Å². The fraction of sp³-hybridized carbons (Fsp3) is 0.200. The predicted octanol–water partition coefficient (Wildman–Crippen LogP) is 4.59. The lowest BCUT2D eigenvalue weighted by atomic mass is 10.2. The largest absolute Gasteiger partial charge is 0.486 e. The first-order valence-electron chi connectivity index (χ1n) is 6.30. The highest BCUT2D eigenvalue weighted by atomic mass is 79.9. The van der Waals surface area contributed by atoms with E-state index in [2.05, 4.69) is 37.2 Å². The van der Waals surface area contributed by atoms with Gasteiger partial charge in [-0.15, -0.1) is 0 Å². The molecule has 0 atom stereocenters. The van der Waals surface area contributed by atoms with Gasteiger partial charge in [0.1, 0.15) is 13.2 Å². The summed E-state index contributed by atoms with van der Waals surface area (Å²) in [7, 11) is 0. The lowest BCUT2D eigenvalue weighted by Crippen LogP contribution is -2.15. The zero-order valence-corrected chi connectivity index (χ0v) is 13.8. The fourth-order valence-corrected chi connectivity index (χ4v) is 2.78. The number of hydrogen-bond donors (Lipinski definition) is 1. The highest BCUT2D eigenvalue weighted by molar-refractivity contribution is 9.11. The smallest absolute Gasteiger partial charge is 0.161 e. The second-order valence-corrected chi connectivity index (χ2v) is 6.23. The Morgan fingerprint density at radius 3 is 2.60 bits per heavy atom. The Balaban J connectivity index is 1.73. The van der Waals surface area contributed by atoms with Gasteiger partial charge in [0.05, 0.1) is 0 Å². The second kappa shape index (κ2) is 6.06. The van der Waals surface area contributed by atoms with Gasteiger partial charge in [-0.2, -0.15) is 0 Å². The van der Waals surface area contributed by atoms with E-state index in [1.54, 1.807) is 0 Å². The third kappa shape index (κ3) is 3.10. The molecule has 0 radical (unpaired) electrons. The molecular weight excluding hydrogens is 386 g/mol. The molecule has 1 aliphatic rings. The van der Waals surface area contributed by atoms with Gasteiger partial charge >= 0.3 is 0 Å². The van der Waals surface area contributed by atoms with Crippen LogP contribution in [0.5, 0.6) is 11.5 Å². The van der Waals surface area contributed by atoms with Crippen LogP contribution in [0, 0.1) is 0 Å². The van der Waals surface area contributed by atoms with Crippen molar-refractivity contribution < 1.29 is 9.47 Å². The van der Waals surface area contributed by atoms with Crippen molar-refractivity contribution in [1.29, 1.82) is 0 Å². The molecule has 2 aromatic rings. The van der Waals surface area contributed by atoms with Gasteiger partial charge < -0.3 is 14.8 Å². The first-order chi connectivity index (χ1) is 9.72. The van der Waals surface area contributed by atoms with Gasteiger partial charge in [0.2, 0.25) is 0 Å². The van der Waals surface area contributed by atoms with Crippen molar-refractivity contribution in [3.8, 4) is 11.5 Å². The van der Waals surface area contributed by atoms with Gasteiger partial charge in [0.15, 0.2) is 11.5 Å². The molecular formula is C15H13Br2NO2. The van der Waals surface area contributed by atoms with Crippen molar-refractivity contribution in [3.05, 3.63) is 50.9 Å². The molecule has 0 amide bonds. The van der Waals surface area contributed by atoms with Crippen molar-refractivity contribution >= 4 is 37.5 Å². The second-order valence-electron chi connectivity index (χ2n) is 4.46. The van der Waals surface area contributed by atoms with Crippen LogP contribution < -0.4 is 14.8 Å². The molecule has 0 spiro atoms. The van der Waals surface area contributed by atoms with E-state index in [-0.39, 0.29) is 0 Å². The third-order valence-electron chi connectivity index (χ3n) is 3.02.